The van der Waals surface area contributed by atoms with Crippen molar-refractivity contribution >= 4 is 21.6 Å². The third kappa shape index (κ3) is 4.45. The lowest BCUT2D eigenvalue weighted by molar-refractivity contribution is 0.102. The number of ether oxygens (including phenoxy) is 1. The maximum Gasteiger partial charge on any atom is 0.255 e. The Morgan fingerprint density at radius 2 is 1.85 bits per heavy atom. The van der Waals surface area contributed by atoms with E-state index in [0.29, 0.717) is 36.7 Å². The minimum absolute atomic E-state index is 0.0822. The van der Waals surface area contributed by atoms with E-state index in [4.69, 9.17) is 4.74 Å². The number of rotatable bonds is 6. The summed E-state index contributed by atoms with van der Waals surface area (Å²) in [6.45, 7) is 3.16. The zero-order valence-electron chi connectivity index (χ0n) is 15.2. The van der Waals surface area contributed by atoms with Crippen molar-refractivity contribution in [3.05, 3.63) is 48.3 Å². The summed E-state index contributed by atoms with van der Waals surface area (Å²) in [7, 11) is -3.69. The molecule has 0 radical (unpaired) electrons. The number of pyridine rings is 1. The number of carbonyl (C=O) groups is 1. The van der Waals surface area contributed by atoms with E-state index in [1.807, 2.05) is 0 Å². The number of amides is 1. The molecule has 144 valence electrons. The second kappa shape index (κ2) is 8.49. The predicted molar refractivity (Wildman–Crippen MR) is 102 cm³/mol. The molecule has 27 heavy (non-hydrogen) atoms. The average molecular weight is 389 g/mol. The van der Waals surface area contributed by atoms with Gasteiger partial charge in [0.1, 0.15) is 10.6 Å². The van der Waals surface area contributed by atoms with Gasteiger partial charge in [0.15, 0.2) is 0 Å². The Labute approximate surface area is 159 Å². The molecule has 1 aliphatic heterocycles. The summed E-state index contributed by atoms with van der Waals surface area (Å²) in [6.07, 6.45) is 5.79. The molecule has 1 aromatic heterocycles. The van der Waals surface area contributed by atoms with Crippen molar-refractivity contribution in [2.24, 2.45) is 0 Å². The van der Waals surface area contributed by atoms with Crippen LogP contribution in [0.25, 0.3) is 0 Å². The highest BCUT2D eigenvalue weighted by molar-refractivity contribution is 7.89. The molecule has 7 nitrogen and oxygen atoms in total. The lowest BCUT2D eigenvalue weighted by Crippen LogP contribution is -2.35. The fourth-order valence-corrected chi connectivity index (χ4v) is 4.69. The van der Waals surface area contributed by atoms with Crippen LogP contribution in [-0.2, 0) is 10.0 Å². The number of nitrogens with one attached hydrogen (secondary N) is 1. The van der Waals surface area contributed by atoms with E-state index in [1.165, 1.54) is 22.8 Å². The monoisotopic (exact) mass is 389 g/mol. The maximum atomic E-state index is 13.1. The molecule has 1 aromatic carbocycles. The largest absolute Gasteiger partial charge is 0.492 e. The van der Waals surface area contributed by atoms with E-state index in [2.05, 4.69) is 10.3 Å². The van der Waals surface area contributed by atoms with Gasteiger partial charge in [-0.1, -0.05) is 6.42 Å². The first-order valence-corrected chi connectivity index (χ1v) is 10.4. The minimum atomic E-state index is -3.69. The number of anilines is 1. The molecule has 0 aliphatic carbocycles. The Kier molecular flexibility index (Phi) is 6.08. The summed E-state index contributed by atoms with van der Waals surface area (Å²) < 4.78 is 33.3. The van der Waals surface area contributed by atoms with Crippen molar-refractivity contribution in [1.29, 1.82) is 0 Å². The molecule has 1 amide bonds. The molecule has 0 bridgehead atoms. The quantitative estimate of drug-likeness (QED) is 0.821. The fourth-order valence-electron chi connectivity index (χ4n) is 3.01. The third-order valence-electron chi connectivity index (χ3n) is 4.38. The van der Waals surface area contributed by atoms with E-state index < -0.39 is 10.0 Å². The first kappa shape index (κ1) is 19.3. The van der Waals surface area contributed by atoms with Crippen LogP contribution >= 0.6 is 0 Å². The van der Waals surface area contributed by atoms with E-state index in [0.717, 1.165) is 19.3 Å². The lowest BCUT2D eigenvalue weighted by atomic mass is 10.2. The Hall–Kier alpha value is -2.45. The zero-order valence-corrected chi connectivity index (χ0v) is 16.0. The average Bonchev–Trinajstić information content (AvgIpc) is 2.70. The number of benzene rings is 1. The van der Waals surface area contributed by atoms with E-state index in [1.54, 1.807) is 31.2 Å². The summed E-state index contributed by atoms with van der Waals surface area (Å²) >= 11 is 0. The Morgan fingerprint density at radius 1 is 1.15 bits per heavy atom. The van der Waals surface area contributed by atoms with Crippen LogP contribution in [0.4, 0.5) is 5.69 Å². The van der Waals surface area contributed by atoms with Crippen LogP contribution in [0.1, 0.15) is 36.5 Å². The van der Waals surface area contributed by atoms with Gasteiger partial charge >= 0.3 is 0 Å². The van der Waals surface area contributed by atoms with E-state index in [-0.39, 0.29) is 10.8 Å². The number of sulfonamides is 1. The molecule has 1 saturated heterocycles. The molecule has 1 fully saturated rings. The maximum absolute atomic E-state index is 13.1. The van der Waals surface area contributed by atoms with E-state index >= 15 is 0 Å². The third-order valence-corrected chi connectivity index (χ3v) is 6.30. The molecule has 0 saturated carbocycles. The summed E-state index contributed by atoms with van der Waals surface area (Å²) in [4.78, 5) is 16.3. The summed E-state index contributed by atoms with van der Waals surface area (Å²) in [5, 5.41) is 2.74. The molecule has 1 N–H and O–H groups in total. The van der Waals surface area contributed by atoms with Crippen LogP contribution in [-0.4, -0.2) is 43.3 Å². The van der Waals surface area contributed by atoms with Gasteiger partial charge in [0.25, 0.3) is 5.91 Å². The molecule has 2 heterocycles. The van der Waals surface area contributed by atoms with Gasteiger partial charge in [-0.05, 0) is 50.1 Å². The molecular formula is C19H23N3O4S. The van der Waals surface area contributed by atoms with Gasteiger partial charge in [-0.15, -0.1) is 0 Å². The number of hydrogen-bond acceptors (Lipinski definition) is 5. The normalized spacial score (nSPS) is 15.3. The molecule has 0 atom stereocenters. The van der Waals surface area contributed by atoms with Crippen molar-refractivity contribution < 1.29 is 17.9 Å². The van der Waals surface area contributed by atoms with Crippen molar-refractivity contribution in [2.45, 2.75) is 31.1 Å². The van der Waals surface area contributed by atoms with Crippen LogP contribution < -0.4 is 10.1 Å². The Bertz CT molecular complexity index is 894. The zero-order chi connectivity index (χ0) is 19.3. The molecule has 8 heteroatoms. The fraction of sp³-hybridized carbons (Fsp3) is 0.368. The molecule has 3 rings (SSSR count). The Morgan fingerprint density at radius 3 is 2.52 bits per heavy atom. The van der Waals surface area contributed by atoms with Gasteiger partial charge in [0, 0.05) is 36.7 Å². The number of nitrogens with zero attached hydrogens (tertiary/aromatic N) is 2. The molecular weight excluding hydrogens is 366 g/mol. The topological polar surface area (TPSA) is 88.6 Å². The van der Waals surface area contributed by atoms with Crippen LogP contribution in [0.5, 0.6) is 5.75 Å². The van der Waals surface area contributed by atoms with Gasteiger partial charge in [-0.3, -0.25) is 9.78 Å². The lowest BCUT2D eigenvalue weighted by Gasteiger charge is -2.27. The molecule has 0 spiro atoms. The standard InChI is InChI=1S/C19H23N3O4S/c1-2-26-17-7-6-16(21-19(23)15-8-10-20-11-9-15)14-18(17)27(24,25)22-12-4-3-5-13-22/h6-11,14H,2-5,12-13H2,1H3,(H,21,23). The second-order valence-corrected chi connectivity index (χ2v) is 8.16. The van der Waals surface area contributed by atoms with Crippen molar-refractivity contribution in [1.82, 2.24) is 9.29 Å². The second-order valence-electron chi connectivity index (χ2n) is 6.25. The van der Waals surface area contributed by atoms with Crippen LogP contribution in [0.15, 0.2) is 47.6 Å². The first-order valence-electron chi connectivity index (χ1n) is 9.00. The van der Waals surface area contributed by atoms with Crippen LogP contribution in [0, 0.1) is 0 Å². The van der Waals surface area contributed by atoms with Gasteiger partial charge in [0.2, 0.25) is 10.0 Å². The van der Waals surface area contributed by atoms with Crippen LogP contribution in [0.2, 0.25) is 0 Å². The van der Waals surface area contributed by atoms with Gasteiger partial charge in [-0.2, -0.15) is 4.31 Å². The number of aromatic nitrogens is 1. The summed E-state index contributed by atoms with van der Waals surface area (Å²) in [5.74, 6) is -0.0344. The predicted octanol–water partition coefficient (Wildman–Crippen LogP) is 2.91. The van der Waals surface area contributed by atoms with Crippen LogP contribution in [0.3, 0.4) is 0 Å². The number of carbonyl (C=O) groups excluding carboxylic acids is 1. The van der Waals surface area contributed by atoms with Crippen molar-refractivity contribution in [3.8, 4) is 5.75 Å². The van der Waals surface area contributed by atoms with Gasteiger partial charge in [-0.25, -0.2) is 8.42 Å². The molecule has 0 unspecified atom stereocenters. The molecule has 1 aliphatic rings. The highest BCUT2D eigenvalue weighted by Gasteiger charge is 2.29. The smallest absolute Gasteiger partial charge is 0.255 e. The van der Waals surface area contributed by atoms with Gasteiger partial charge < -0.3 is 10.1 Å². The summed E-state index contributed by atoms with van der Waals surface area (Å²) in [6, 6.07) is 7.88. The minimum Gasteiger partial charge on any atom is -0.492 e. The van der Waals surface area contributed by atoms with Gasteiger partial charge in [0.05, 0.1) is 6.61 Å². The highest BCUT2D eigenvalue weighted by Crippen LogP contribution is 2.31. The molecule has 2 aromatic rings. The van der Waals surface area contributed by atoms with Crippen molar-refractivity contribution in [3.63, 3.8) is 0 Å². The van der Waals surface area contributed by atoms with Crippen molar-refractivity contribution in [2.75, 3.05) is 25.0 Å². The Balaban J connectivity index is 1.92. The summed E-state index contributed by atoms with van der Waals surface area (Å²) in [5.41, 5.74) is 0.843. The number of piperidine rings is 1. The number of hydrogen-bond donors (Lipinski definition) is 1. The first-order chi connectivity index (χ1) is 13.0. The highest BCUT2D eigenvalue weighted by atomic mass is 32.2. The SMILES string of the molecule is CCOc1ccc(NC(=O)c2ccncc2)cc1S(=O)(=O)N1CCCCC1. The van der Waals surface area contributed by atoms with E-state index in [9.17, 15) is 13.2 Å².